The monoisotopic (exact) mass is 180 g/mol. The summed E-state index contributed by atoms with van der Waals surface area (Å²) in [6.45, 7) is 6.79. The van der Waals surface area contributed by atoms with Crippen molar-refractivity contribution in [2.75, 3.05) is 0 Å². The molecule has 1 fully saturated rings. The third-order valence-electron chi connectivity index (χ3n) is 4.06. The molecule has 1 nitrogen and oxygen atoms in total. The molecule has 0 aromatic carbocycles. The van der Waals surface area contributed by atoms with Gasteiger partial charge in [-0.3, -0.25) is 0 Å². The van der Waals surface area contributed by atoms with E-state index in [0.29, 0.717) is 17.3 Å². The standard InChI is InChI=1S/C12H20O/c1-8-5-4-6-9-11(8)10(13)7-12(9,2)3/h5,9-11,13H,4,6-7H2,1-3H3/t9-,10+,11-/m0/s1. The maximum atomic E-state index is 9.99. The minimum atomic E-state index is -0.0865. The van der Waals surface area contributed by atoms with Gasteiger partial charge in [-0.1, -0.05) is 25.5 Å². The van der Waals surface area contributed by atoms with E-state index in [1.54, 1.807) is 0 Å². The van der Waals surface area contributed by atoms with Gasteiger partial charge in [-0.25, -0.2) is 0 Å². The summed E-state index contributed by atoms with van der Waals surface area (Å²) in [4.78, 5) is 0. The third kappa shape index (κ3) is 1.34. The number of hydrogen-bond acceptors (Lipinski definition) is 1. The van der Waals surface area contributed by atoms with Crippen molar-refractivity contribution >= 4 is 0 Å². The number of aliphatic hydroxyl groups excluding tert-OH is 1. The Morgan fingerprint density at radius 3 is 2.77 bits per heavy atom. The van der Waals surface area contributed by atoms with Crippen molar-refractivity contribution in [3.63, 3.8) is 0 Å². The summed E-state index contributed by atoms with van der Waals surface area (Å²) in [5.41, 5.74) is 1.77. The van der Waals surface area contributed by atoms with Crippen LogP contribution in [0.15, 0.2) is 11.6 Å². The first-order chi connectivity index (χ1) is 6.02. The van der Waals surface area contributed by atoms with Crippen molar-refractivity contribution in [1.82, 2.24) is 0 Å². The molecule has 0 bridgehead atoms. The summed E-state index contributed by atoms with van der Waals surface area (Å²) in [5, 5.41) is 9.99. The molecule has 0 aromatic rings. The Hall–Kier alpha value is -0.300. The largest absolute Gasteiger partial charge is 0.392 e. The fourth-order valence-corrected chi connectivity index (χ4v) is 3.39. The maximum Gasteiger partial charge on any atom is 0.0613 e. The zero-order chi connectivity index (χ0) is 9.64. The van der Waals surface area contributed by atoms with E-state index in [-0.39, 0.29) is 6.10 Å². The number of rotatable bonds is 0. The molecule has 0 radical (unpaired) electrons. The van der Waals surface area contributed by atoms with Gasteiger partial charge in [-0.15, -0.1) is 0 Å². The van der Waals surface area contributed by atoms with Crippen molar-refractivity contribution in [2.45, 2.75) is 46.1 Å². The van der Waals surface area contributed by atoms with Gasteiger partial charge in [-0.05, 0) is 37.5 Å². The molecule has 2 aliphatic rings. The minimum absolute atomic E-state index is 0.0865. The summed E-state index contributed by atoms with van der Waals surface area (Å²) in [6.07, 6.45) is 5.69. The van der Waals surface area contributed by atoms with E-state index in [9.17, 15) is 5.11 Å². The fourth-order valence-electron chi connectivity index (χ4n) is 3.39. The van der Waals surface area contributed by atoms with E-state index in [2.05, 4.69) is 26.8 Å². The second-order valence-corrected chi connectivity index (χ2v) is 5.42. The Morgan fingerprint density at radius 1 is 1.46 bits per heavy atom. The average Bonchev–Trinajstić information content (AvgIpc) is 2.24. The molecule has 1 heteroatoms. The van der Waals surface area contributed by atoms with Crippen LogP contribution in [0, 0.1) is 17.3 Å². The van der Waals surface area contributed by atoms with Crippen LogP contribution in [-0.2, 0) is 0 Å². The smallest absolute Gasteiger partial charge is 0.0613 e. The third-order valence-corrected chi connectivity index (χ3v) is 4.06. The summed E-state index contributed by atoms with van der Waals surface area (Å²) >= 11 is 0. The van der Waals surface area contributed by atoms with Gasteiger partial charge in [0.25, 0.3) is 0 Å². The molecule has 0 amide bonds. The molecule has 1 saturated carbocycles. The number of aliphatic hydroxyl groups is 1. The molecule has 0 heterocycles. The maximum absolute atomic E-state index is 9.99. The molecule has 1 N–H and O–H groups in total. The number of allylic oxidation sites excluding steroid dienone is 1. The van der Waals surface area contributed by atoms with Crippen molar-refractivity contribution in [2.24, 2.45) is 17.3 Å². The SMILES string of the molecule is CC1=CCC[C@H]2[C@H]1[C@H](O)CC2(C)C. The van der Waals surface area contributed by atoms with Crippen LogP contribution < -0.4 is 0 Å². The van der Waals surface area contributed by atoms with E-state index < -0.39 is 0 Å². The molecule has 74 valence electrons. The average molecular weight is 180 g/mol. The van der Waals surface area contributed by atoms with Crippen LogP contribution in [0.3, 0.4) is 0 Å². The van der Waals surface area contributed by atoms with Gasteiger partial charge < -0.3 is 5.11 Å². The molecular weight excluding hydrogens is 160 g/mol. The highest BCUT2D eigenvalue weighted by Gasteiger charge is 2.48. The van der Waals surface area contributed by atoms with Crippen LogP contribution >= 0.6 is 0 Å². The molecule has 0 spiro atoms. The van der Waals surface area contributed by atoms with Crippen LogP contribution in [0.4, 0.5) is 0 Å². The molecule has 0 unspecified atom stereocenters. The van der Waals surface area contributed by atoms with Crippen molar-refractivity contribution in [3.8, 4) is 0 Å². The van der Waals surface area contributed by atoms with Gasteiger partial charge in [0.1, 0.15) is 0 Å². The topological polar surface area (TPSA) is 20.2 Å². The van der Waals surface area contributed by atoms with Crippen LogP contribution in [0.5, 0.6) is 0 Å². The zero-order valence-electron chi connectivity index (χ0n) is 8.88. The second kappa shape index (κ2) is 2.84. The fraction of sp³-hybridized carbons (Fsp3) is 0.833. The highest BCUT2D eigenvalue weighted by molar-refractivity contribution is 5.17. The lowest BCUT2D eigenvalue weighted by molar-refractivity contribution is 0.131. The minimum Gasteiger partial charge on any atom is -0.392 e. The van der Waals surface area contributed by atoms with Crippen molar-refractivity contribution in [3.05, 3.63) is 11.6 Å². The van der Waals surface area contributed by atoms with Gasteiger partial charge in [0, 0.05) is 5.92 Å². The summed E-state index contributed by atoms with van der Waals surface area (Å²) in [5.74, 6) is 1.18. The van der Waals surface area contributed by atoms with Gasteiger partial charge in [0.2, 0.25) is 0 Å². The predicted octanol–water partition coefficient (Wildman–Crippen LogP) is 2.75. The summed E-state index contributed by atoms with van der Waals surface area (Å²) in [7, 11) is 0. The summed E-state index contributed by atoms with van der Waals surface area (Å²) in [6, 6.07) is 0. The molecule has 3 atom stereocenters. The Labute approximate surface area is 80.8 Å². The Balaban J connectivity index is 2.31. The van der Waals surface area contributed by atoms with E-state index in [1.165, 1.54) is 18.4 Å². The highest BCUT2D eigenvalue weighted by Crippen LogP contribution is 2.53. The molecule has 2 rings (SSSR count). The first-order valence-corrected chi connectivity index (χ1v) is 5.37. The molecule has 2 aliphatic carbocycles. The first kappa shape index (κ1) is 9.26. The normalized spacial score (nSPS) is 42.8. The predicted molar refractivity (Wildman–Crippen MR) is 54.4 cm³/mol. The second-order valence-electron chi connectivity index (χ2n) is 5.42. The molecule has 0 aliphatic heterocycles. The van der Waals surface area contributed by atoms with Gasteiger partial charge in [0.05, 0.1) is 6.10 Å². The van der Waals surface area contributed by atoms with Crippen LogP contribution in [0.1, 0.15) is 40.0 Å². The van der Waals surface area contributed by atoms with Gasteiger partial charge in [-0.2, -0.15) is 0 Å². The van der Waals surface area contributed by atoms with E-state index in [1.807, 2.05) is 0 Å². The van der Waals surface area contributed by atoms with Crippen LogP contribution in [0.2, 0.25) is 0 Å². The molecular formula is C12H20O. The number of fused-ring (bicyclic) bond motifs is 1. The zero-order valence-corrected chi connectivity index (χ0v) is 8.88. The van der Waals surface area contributed by atoms with E-state index in [0.717, 1.165) is 6.42 Å². The number of hydrogen-bond donors (Lipinski definition) is 1. The van der Waals surface area contributed by atoms with Crippen LogP contribution in [-0.4, -0.2) is 11.2 Å². The van der Waals surface area contributed by atoms with Gasteiger partial charge >= 0.3 is 0 Å². The quantitative estimate of drug-likeness (QED) is 0.568. The Bertz CT molecular complexity index is 240. The van der Waals surface area contributed by atoms with E-state index in [4.69, 9.17) is 0 Å². The Kier molecular flexibility index (Phi) is 2.03. The molecule has 0 aromatic heterocycles. The lowest BCUT2D eigenvalue weighted by atomic mass is 9.71. The lowest BCUT2D eigenvalue weighted by Gasteiger charge is -2.33. The highest BCUT2D eigenvalue weighted by atomic mass is 16.3. The van der Waals surface area contributed by atoms with Crippen molar-refractivity contribution < 1.29 is 5.11 Å². The van der Waals surface area contributed by atoms with Crippen LogP contribution in [0.25, 0.3) is 0 Å². The Morgan fingerprint density at radius 2 is 2.15 bits per heavy atom. The van der Waals surface area contributed by atoms with E-state index >= 15 is 0 Å². The first-order valence-electron chi connectivity index (χ1n) is 5.37. The lowest BCUT2D eigenvalue weighted by Crippen LogP contribution is -2.26. The van der Waals surface area contributed by atoms with Gasteiger partial charge in [0.15, 0.2) is 0 Å². The summed E-state index contributed by atoms with van der Waals surface area (Å²) < 4.78 is 0. The molecule has 13 heavy (non-hydrogen) atoms. The van der Waals surface area contributed by atoms with Crippen molar-refractivity contribution in [1.29, 1.82) is 0 Å². The molecule has 0 saturated heterocycles.